The van der Waals surface area contributed by atoms with Crippen LogP contribution < -0.4 is 5.32 Å². The molecule has 0 spiro atoms. The van der Waals surface area contributed by atoms with Gasteiger partial charge in [-0.3, -0.25) is 4.79 Å². The molecule has 0 bridgehead atoms. The number of aromatic nitrogens is 1. The molecule has 1 aliphatic rings. The zero-order chi connectivity index (χ0) is 14.7. The van der Waals surface area contributed by atoms with E-state index < -0.39 is 0 Å². The zero-order valence-electron chi connectivity index (χ0n) is 12.9. The third-order valence-corrected chi connectivity index (χ3v) is 4.63. The molecule has 1 N–H and O–H groups in total. The summed E-state index contributed by atoms with van der Waals surface area (Å²) >= 11 is 1.51. The molecule has 2 rings (SSSR count). The Morgan fingerprint density at radius 3 is 2.75 bits per heavy atom. The summed E-state index contributed by atoms with van der Waals surface area (Å²) in [4.78, 5) is 20.0. The van der Waals surface area contributed by atoms with Crippen molar-refractivity contribution < 1.29 is 4.79 Å². The summed E-state index contributed by atoms with van der Waals surface area (Å²) in [6, 6.07) is 0.451. The number of carbonyl (C=O) groups is 1. The first kappa shape index (κ1) is 15.4. The molecule has 112 valence electrons. The largest absolute Gasteiger partial charge is 0.336 e. The number of amides is 1. The molecule has 1 aromatic heterocycles. The zero-order valence-corrected chi connectivity index (χ0v) is 13.7. The third-order valence-electron chi connectivity index (χ3n) is 3.57. The topological polar surface area (TPSA) is 45.2 Å². The first-order valence-corrected chi connectivity index (χ1v) is 8.25. The SMILES string of the molecule is Cc1nc(C)c(C(=O)N(CC(C)C)CC2CCCN2)s1. The molecule has 0 aromatic carbocycles. The molecule has 0 aliphatic carbocycles. The molecule has 20 heavy (non-hydrogen) atoms. The Labute approximate surface area is 125 Å². The molecule has 4 nitrogen and oxygen atoms in total. The summed E-state index contributed by atoms with van der Waals surface area (Å²) < 4.78 is 0. The second-order valence-electron chi connectivity index (χ2n) is 6.04. The standard InChI is InChI=1S/C15H25N3OS/c1-10(2)8-18(9-13-6-5-7-16-13)15(19)14-11(3)17-12(4)20-14/h10,13,16H,5-9H2,1-4H3. The number of hydrogen-bond donors (Lipinski definition) is 1. The normalized spacial score (nSPS) is 18.8. The van der Waals surface area contributed by atoms with Crippen molar-refractivity contribution in [3.8, 4) is 0 Å². The van der Waals surface area contributed by atoms with Crippen LogP contribution in [0.4, 0.5) is 0 Å². The van der Waals surface area contributed by atoms with Gasteiger partial charge in [0, 0.05) is 19.1 Å². The fraction of sp³-hybridized carbons (Fsp3) is 0.733. The van der Waals surface area contributed by atoms with Crippen LogP contribution in [0.2, 0.25) is 0 Å². The lowest BCUT2D eigenvalue weighted by Gasteiger charge is -2.27. The van der Waals surface area contributed by atoms with Gasteiger partial charge >= 0.3 is 0 Å². The van der Waals surface area contributed by atoms with Crippen molar-refractivity contribution in [2.75, 3.05) is 19.6 Å². The van der Waals surface area contributed by atoms with Crippen molar-refractivity contribution in [3.63, 3.8) is 0 Å². The van der Waals surface area contributed by atoms with Crippen LogP contribution in [-0.4, -0.2) is 41.5 Å². The van der Waals surface area contributed by atoms with Crippen LogP contribution in [0.25, 0.3) is 0 Å². The van der Waals surface area contributed by atoms with Crippen molar-refractivity contribution in [2.45, 2.75) is 46.6 Å². The van der Waals surface area contributed by atoms with Gasteiger partial charge in [-0.05, 0) is 39.2 Å². The molecule has 1 atom stereocenters. The van der Waals surface area contributed by atoms with E-state index in [4.69, 9.17) is 0 Å². The second kappa shape index (κ2) is 6.68. The molecule has 1 aliphatic heterocycles. The Morgan fingerprint density at radius 1 is 1.50 bits per heavy atom. The van der Waals surface area contributed by atoms with Crippen LogP contribution in [0.15, 0.2) is 0 Å². The molecule has 0 saturated carbocycles. The van der Waals surface area contributed by atoms with E-state index in [0.717, 1.165) is 35.2 Å². The predicted octanol–water partition coefficient (Wildman–Crippen LogP) is 2.61. The van der Waals surface area contributed by atoms with Crippen molar-refractivity contribution in [1.82, 2.24) is 15.2 Å². The highest BCUT2D eigenvalue weighted by atomic mass is 32.1. The lowest BCUT2D eigenvalue weighted by atomic mass is 10.1. The molecule has 2 heterocycles. The second-order valence-corrected chi connectivity index (χ2v) is 7.25. The first-order valence-electron chi connectivity index (χ1n) is 7.44. The highest BCUT2D eigenvalue weighted by molar-refractivity contribution is 7.13. The molecule has 0 radical (unpaired) electrons. The van der Waals surface area contributed by atoms with E-state index >= 15 is 0 Å². The smallest absolute Gasteiger partial charge is 0.265 e. The van der Waals surface area contributed by atoms with Gasteiger partial charge < -0.3 is 10.2 Å². The van der Waals surface area contributed by atoms with E-state index in [-0.39, 0.29) is 5.91 Å². The Morgan fingerprint density at radius 2 is 2.25 bits per heavy atom. The number of thiazole rings is 1. The van der Waals surface area contributed by atoms with Gasteiger partial charge in [-0.15, -0.1) is 11.3 Å². The van der Waals surface area contributed by atoms with Crippen molar-refractivity contribution in [1.29, 1.82) is 0 Å². The van der Waals surface area contributed by atoms with Crippen molar-refractivity contribution in [2.24, 2.45) is 5.92 Å². The van der Waals surface area contributed by atoms with Crippen LogP contribution in [-0.2, 0) is 0 Å². The Kier molecular flexibility index (Phi) is 5.16. The average molecular weight is 295 g/mol. The Balaban J connectivity index is 2.12. The average Bonchev–Trinajstić information content (AvgIpc) is 2.96. The number of nitrogens with zero attached hydrogens (tertiary/aromatic N) is 2. The van der Waals surface area contributed by atoms with Crippen LogP contribution >= 0.6 is 11.3 Å². The maximum Gasteiger partial charge on any atom is 0.265 e. The third kappa shape index (κ3) is 3.79. The van der Waals surface area contributed by atoms with Gasteiger partial charge in [0.05, 0.1) is 10.7 Å². The maximum absolute atomic E-state index is 12.8. The fourth-order valence-electron chi connectivity index (χ4n) is 2.73. The molecule has 1 aromatic rings. The molecule has 1 saturated heterocycles. The number of aryl methyl sites for hydroxylation is 2. The monoisotopic (exact) mass is 295 g/mol. The lowest BCUT2D eigenvalue weighted by Crippen LogP contribution is -2.42. The summed E-state index contributed by atoms with van der Waals surface area (Å²) in [6.45, 7) is 10.9. The fourth-order valence-corrected chi connectivity index (χ4v) is 3.62. The van der Waals surface area contributed by atoms with Crippen molar-refractivity contribution in [3.05, 3.63) is 15.6 Å². The molecule has 1 fully saturated rings. The lowest BCUT2D eigenvalue weighted by molar-refractivity contribution is 0.0725. The minimum Gasteiger partial charge on any atom is -0.336 e. The van der Waals surface area contributed by atoms with Crippen LogP contribution in [0.3, 0.4) is 0 Å². The number of carbonyl (C=O) groups excluding carboxylic acids is 1. The van der Waals surface area contributed by atoms with E-state index in [9.17, 15) is 4.79 Å². The summed E-state index contributed by atoms with van der Waals surface area (Å²) in [5.74, 6) is 0.630. The molecular formula is C15H25N3OS. The van der Waals surface area contributed by atoms with Gasteiger partial charge in [-0.2, -0.15) is 0 Å². The number of rotatable bonds is 5. The summed E-state index contributed by atoms with van der Waals surface area (Å²) in [5.41, 5.74) is 0.866. The quantitative estimate of drug-likeness (QED) is 0.908. The van der Waals surface area contributed by atoms with E-state index in [0.29, 0.717) is 12.0 Å². The molecule has 1 amide bonds. The minimum absolute atomic E-state index is 0.149. The van der Waals surface area contributed by atoms with Gasteiger partial charge in [0.2, 0.25) is 0 Å². The Bertz CT molecular complexity index is 464. The van der Waals surface area contributed by atoms with Crippen LogP contribution in [0.1, 0.15) is 47.1 Å². The number of hydrogen-bond acceptors (Lipinski definition) is 4. The van der Waals surface area contributed by atoms with E-state index in [1.165, 1.54) is 24.2 Å². The number of nitrogens with one attached hydrogen (secondary N) is 1. The maximum atomic E-state index is 12.8. The van der Waals surface area contributed by atoms with Crippen molar-refractivity contribution >= 4 is 17.2 Å². The molecule has 5 heteroatoms. The van der Waals surface area contributed by atoms with Gasteiger partial charge in [0.1, 0.15) is 4.88 Å². The van der Waals surface area contributed by atoms with Crippen LogP contribution in [0, 0.1) is 19.8 Å². The predicted molar refractivity (Wildman–Crippen MR) is 83.4 cm³/mol. The highest BCUT2D eigenvalue weighted by Gasteiger charge is 2.25. The van der Waals surface area contributed by atoms with E-state index in [2.05, 4.69) is 24.1 Å². The van der Waals surface area contributed by atoms with Gasteiger partial charge in [0.25, 0.3) is 5.91 Å². The minimum atomic E-state index is 0.149. The summed E-state index contributed by atoms with van der Waals surface area (Å²) in [5, 5.41) is 4.45. The summed E-state index contributed by atoms with van der Waals surface area (Å²) in [7, 11) is 0. The van der Waals surface area contributed by atoms with Gasteiger partial charge in [-0.25, -0.2) is 4.98 Å². The first-order chi connectivity index (χ1) is 9.47. The molecule has 1 unspecified atom stereocenters. The van der Waals surface area contributed by atoms with E-state index in [1.807, 2.05) is 18.7 Å². The van der Waals surface area contributed by atoms with Crippen LogP contribution in [0.5, 0.6) is 0 Å². The molecular weight excluding hydrogens is 270 g/mol. The van der Waals surface area contributed by atoms with Gasteiger partial charge in [-0.1, -0.05) is 13.8 Å². The Hall–Kier alpha value is -0.940. The highest BCUT2D eigenvalue weighted by Crippen LogP contribution is 2.20. The summed E-state index contributed by atoms with van der Waals surface area (Å²) in [6.07, 6.45) is 2.38. The van der Waals surface area contributed by atoms with E-state index in [1.54, 1.807) is 0 Å². The van der Waals surface area contributed by atoms with Gasteiger partial charge in [0.15, 0.2) is 0 Å².